The summed E-state index contributed by atoms with van der Waals surface area (Å²) in [5, 5.41) is 14.8. The van der Waals surface area contributed by atoms with E-state index in [-0.39, 0.29) is 35.3 Å². The highest BCUT2D eigenvalue weighted by molar-refractivity contribution is 7.89. The molecule has 3 aromatic rings. The number of rotatable bonds is 6. The highest BCUT2D eigenvalue weighted by atomic mass is 32.2. The molecule has 1 fully saturated rings. The van der Waals surface area contributed by atoms with Crippen molar-refractivity contribution in [2.24, 2.45) is 5.92 Å². The van der Waals surface area contributed by atoms with Gasteiger partial charge >= 0.3 is 6.01 Å². The van der Waals surface area contributed by atoms with Crippen molar-refractivity contribution in [3.63, 3.8) is 0 Å². The molecule has 2 aromatic heterocycles. The SMILES string of the molecule is CC(C)n1nccc1-c1nnc(NC(=O)C2CCCN(S(=O)(=O)c3ccccc3)C2)o1. The van der Waals surface area contributed by atoms with E-state index in [1.807, 2.05) is 13.8 Å². The van der Waals surface area contributed by atoms with Crippen molar-refractivity contribution in [2.45, 2.75) is 37.6 Å². The van der Waals surface area contributed by atoms with E-state index in [2.05, 4.69) is 20.6 Å². The molecule has 1 N–H and O–H groups in total. The number of nitrogens with one attached hydrogen (secondary N) is 1. The average Bonchev–Trinajstić information content (AvgIpc) is 3.44. The van der Waals surface area contributed by atoms with Gasteiger partial charge in [-0.1, -0.05) is 23.3 Å². The summed E-state index contributed by atoms with van der Waals surface area (Å²) < 4.78 is 34.5. The average molecular weight is 445 g/mol. The Labute approximate surface area is 180 Å². The molecule has 0 bridgehead atoms. The van der Waals surface area contributed by atoms with Crippen molar-refractivity contribution in [3.05, 3.63) is 42.6 Å². The van der Waals surface area contributed by atoms with E-state index in [1.54, 1.807) is 47.3 Å². The van der Waals surface area contributed by atoms with Crippen LogP contribution in [0.4, 0.5) is 6.01 Å². The van der Waals surface area contributed by atoms with Gasteiger partial charge in [-0.3, -0.25) is 14.8 Å². The molecule has 1 unspecified atom stereocenters. The van der Waals surface area contributed by atoms with Gasteiger partial charge in [0.05, 0.1) is 10.8 Å². The lowest BCUT2D eigenvalue weighted by molar-refractivity contribution is -0.121. The summed E-state index contributed by atoms with van der Waals surface area (Å²) in [5.74, 6) is -0.609. The number of anilines is 1. The van der Waals surface area contributed by atoms with E-state index in [1.165, 1.54) is 4.31 Å². The van der Waals surface area contributed by atoms with E-state index >= 15 is 0 Å². The zero-order valence-electron chi connectivity index (χ0n) is 17.3. The topological polar surface area (TPSA) is 123 Å². The van der Waals surface area contributed by atoms with Crippen LogP contribution in [0.3, 0.4) is 0 Å². The van der Waals surface area contributed by atoms with Crippen LogP contribution >= 0.6 is 0 Å². The second kappa shape index (κ2) is 8.60. The Balaban J connectivity index is 1.45. The molecule has 31 heavy (non-hydrogen) atoms. The minimum atomic E-state index is -3.65. The smallest absolute Gasteiger partial charge is 0.322 e. The molecule has 4 rings (SSSR count). The molecule has 11 heteroatoms. The van der Waals surface area contributed by atoms with Crippen molar-refractivity contribution in [2.75, 3.05) is 18.4 Å². The second-order valence-corrected chi connectivity index (χ2v) is 9.61. The van der Waals surface area contributed by atoms with Gasteiger partial charge in [-0.25, -0.2) is 8.42 Å². The third-order valence-electron chi connectivity index (χ3n) is 5.17. The third kappa shape index (κ3) is 4.37. The van der Waals surface area contributed by atoms with Crippen LogP contribution in [-0.4, -0.2) is 51.7 Å². The number of piperidine rings is 1. The number of aromatic nitrogens is 4. The Morgan fingerprint density at radius 1 is 1.19 bits per heavy atom. The van der Waals surface area contributed by atoms with Crippen LogP contribution in [0.5, 0.6) is 0 Å². The first kappa shape index (κ1) is 21.2. The first-order valence-corrected chi connectivity index (χ1v) is 11.5. The van der Waals surface area contributed by atoms with Gasteiger partial charge in [-0.15, -0.1) is 5.10 Å². The van der Waals surface area contributed by atoms with Gasteiger partial charge in [0.1, 0.15) is 5.69 Å². The van der Waals surface area contributed by atoms with Gasteiger partial charge in [0.15, 0.2) is 0 Å². The minimum absolute atomic E-state index is 0.0282. The zero-order chi connectivity index (χ0) is 22.0. The molecule has 1 saturated heterocycles. The van der Waals surface area contributed by atoms with Gasteiger partial charge in [-0.2, -0.15) is 9.40 Å². The maximum atomic E-state index is 12.9. The van der Waals surface area contributed by atoms with E-state index in [0.29, 0.717) is 25.1 Å². The molecular formula is C20H24N6O4S. The third-order valence-corrected chi connectivity index (χ3v) is 7.05. The van der Waals surface area contributed by atoms with Crippen molar-refractivity contribution >= 4 is 21.9 Å². The number of amides is 1. The Morgan fingerprint density at radius 2 is 1.97 bits per heavy atom. The molecule has 1 aliphatic heterocycles. The normalized spacial score (nSPS) is 17.7. The number of benzene rings is 1. The Hall–Kier alpha value is -3.05. The van der Waals surface area contributed by atoms with E-state index < -0.39 is 15.9 Å². The van der Waals surface area contributed by atoms with Crippen LogP contribution in [0.1, 0.15) is 32.7 Å². The molecule has 0 aliphatic carbocycles. The fourth-order valence-corrected chi connectivity index (χ4v) is 5.14. The molecule has 0 spiro atoms. The summed E-state index contributed by atoms with van der Waals surface area (Å²) in [6, 6.07) is 10.1. The van der Waals surface area contributed by atoms with Crippen LogP contribution in [0, 0.1) is 5.92 Å². The summed E-state index contributed by atoms with van der Waals surface area (Å²) in [5.41, 5.74) is 0.654. The molecule has 1 aromatic carbocycles. The predicted octanol–water partition coefficient (Wildman–Crippen LogP) is 2.55. The Bertz CT molecular complexity index is 1160. The number of hydrogen-bond donors (Lipinski definition) is 1. The van der Waals surface area contributed by atoms with Crippen LogP contribution in [0.25, 0.3) is 11.6 Å². The molecule has 1 aliphatic rings. The van der Waals surface area contributed by atoms with Crippen LogP contribution in [-0.2, 0) is 14.8 Å². The maximum Gasteiger partial charge on any atom is 0.322 e. The van der Waals surface area contributed by atoms with Crippen molar-refractivity contribution in [1.29, 1.82) is 0 Å². The van der Waals surface area contributed by atoms with Gasteiger partial charge in [0.25, 0.3) is 5.89 Å². The maximum absolute atomic E-state index is 12.9. The summed E-state index contributed by atoms with van der Waals surface area (Å²) in [6.45, 7) is 4.44. The summed E-state index contributed by atoms with van der Waals surface area (Å²) >= 11 is 0. The minimum Gasteiger partial charge on any atom is -0.401 e. The lowest BCUT2D eigenvalue weighted by atomic mass is 9.99. The van der Waals surface area contributed by atoms with Gasteiger partial charge in [-0.05, 0) is 44.9 Å². The first-order valence-electron chi connectivity index (χ1n) is 10.1. The van der Waals surface area contributed by atoms with Gasteiger partial charge in [0, 0.05) is 25.3 Å². The number of carbonyl (C=O) groups is 1. The number of nitrogens with zero attached hydrogens (tertiary/aromatic N) is 5. The lowest BCUT2D eigenvalue weighted by Gasteiger charge is -2.30. The van der Waals surface area contributed by atoms with Crippen LogP contribution in [0.15, 0.2) is 51.9 Å². The van der Waals surface area contributed by atoms with Crippen molar-refractivity contribution in [3.8, 4) is 11.6 Å². The van der Waals surface area contributed by atoms with Gasteiger partial charge in [0.2, 0.25) is 15.9 Å². The van der Waals surface area contributed by atoms with E-state index in [4.69, 9.17) is 4.42 Å². The molecule has 10 nitrogen and oxygen atoms in total. The van der Waals surface area contributed by atoms with E-state index in [0.717, 1.165) is 0 Å². The Morgan fingerprint density at radius 3 is 2.71 bits per heavy atom. The predicted molar refractivity (Wildman–Crippen MR) is 112 cm³/mol. The summed E-state index contributed by atoms with van der Waals surface area (Å²) in [6.07, 6.45) is 2.81. The first-order chi connectivity index (χ1) is 14.9. The summed E-state index contributed by atoms with van der Waals surface area (Å²) in [4.78, 5) is 13.0. The monoisotopic (exact) mass is 444 g/mol. The number of hydrogen-bond acceptors (Lipinski definition) is 7. The number of sulfonamides is 1. The molecule has 0 radical (unpaired) electrons. The highest BCUT2D eigenvalue weighted by Crippen LogP contribution is 2.26. The second-order valence-electron chi connectivity index (χ2n) is 7.67. The lowest BCUT2D eigenvalue weighted by Crippen LogP contribution is -2.43. The zero-order valence-corrected chi connectivity index (χ0v) is 18.1. The highest BCUT2D eigenvalue weighted by Gasteiger charge is 2.33. The van der Waals surface area contributed by atoms with Crippen molar-refractivity contribution in [1.82, 2.24) is 24.3 Å². The largest absolute Gasteiger partial charge is 0.401 e. The molecular weight excluding hydrogens is 420 g/mol. The number of carbonyl (C=O) groups excluding carboxylic acids is 1. The van der Waals surface area contributed by atoms with Crippen LogP contribution in [0.2, 0.25) is 0 Å². The molecule has 1 atom stereocenters. The molecule has 1 amide bonds. The van der Waals surface area contributed by atoms with Crippen LogP contribution < -0.4 is 5.32 Å². The molecule has 164 valence electrons. The summed E-state index contributed by atoms with van der Waals surface area (Å²) in [7, 11) is -3.65. The van der Waals surface area contributed by atoms with Gasteiger partial charge < -0.3 is 4.42 Å². The fraction of sp³-hybridized carbons (Fsp3) is 0.400. The standard InChI is InChI=1S/C20H24N6O4S/c1-14(2)26-17(10-11-21-26)19-23-24-20(30-19)22-18(27)15-7-6-12-25(13-15)31(28,29)16-8-4-3-5-9-16/h3-5,8-11,14-15H,6-7,12-13H2,1-2H3,(H,22,24,27). The quantitative estimate of drug-likeness (QED) is 0.620. The molecule has 3 heterocycles. The van der Waals surface area contributed by atoms with Crippen molar-refractivity contribution < 1.29 is 17.6 Å². The van der Waals surface area contributed by atoms with E-state index in [9.17, 15) is 13.2 Å². The Kier molecular flexibility index (Phi) is 5.88. The fourth-order valence-electron chi connectivity index (χ4n) is 3.60. The molecule has 0 saturated carbocycles.